The van der Waals surface area contributed by atoms with Crippen molar-refractivity contribution in [2.24, 2.45) is 0 Å². The molecule has 0 nitrogen and oxygen atoms in total. The van der Waals surface area contributed by atoms with Crippen LogP contribution in [0.15, 0.2) is 54.6 Å². The van der Waals surface area contributed by atoms with Gasteiger partial charge in [-0.05, 0) is 90.8 Å². The summed E-state index contributed by atoms with van der Waals surface area (Å²) in [6.07, 6.45) is 0. The third-order valence-corrected chi connectivity index (χ3v) is 6.36. The second-order valence-electron chi connectivity index (χ2n) is 7.13. The van der Waals surface area contributed by atoms with Gasteiger partial charge in [0.25, 0.3) is 0 Å². The van der Waals surface area contributed by atoms with Crippen LogP contribution < -0.4 is 5.30 Å². The molecule has 0 radical (unpaired) electrons. The lowest BCUT2D eigenvalue weighted by Gasteiger charge is -2.23. The van der Waals surface area contributed by atoms with Gasteiger partial charge in [0.05, 0.1) is 0 Å². The summed E-state index contributed by atoms with van der Waals surface area (Å²) >= 11 is 0. The maximum absolute atomic E-state index is 2.37. The van der Waals surface area contributed by atoms with Gasteiger partial charge in [-0.1, -0.05) is 62.5 Å². The van der Waals surface area contributed by atoms with Crippen LogP contribution in [-0.2, 0) is 0 Å². The minimum absolute atomic E-state index is 0.234. The van der Waals surface area contributed by atoms with Crippen LogP contribution in [0.5, 0.6) is 0 Å². The van der Waals surface area contributed by atoms with Gasteiger partial charge in [-0.2, -0.15) is 0 Å². The third-order valence-electron chi connectivity index (χ3n) is 4.98. The smallest absolute Gasteiger partial charge is 0.00891 e. The zero-order valence-electron chi connectivity index (χ0n) is 16.1. The molecule has 0 N–H and O–H groups in total. The summed E-state index contributed by atoms with van der Waals surface area (Å²) in [6, 6.07) is 20.1. The van der Waals surface area contributed by atoms with Crippen LogP contribution in [0.3, 0.4) is 0 Å². The standard InChI is InChI=1S/C24H27P/c1-16-10-7-11-17(2)22(16)20-14-9-15-21(24(20)25(5)6)23-18(3)12-8-13-19(23)4/h7-15H,1-6H3. The highest BCUT2D eigenvalue weighted by molar-refractivity contribution is 7.64. The largest absolute Gasteiger partial charge is 0.0803 e. The zero-order valence-corrected chi connectivity index (χ0v) is 17.0. The van der Waals surface area contributed by atoms with Crippen molar-refractivity contribution >= 4 is 13.2 Å². The molecule has 0 fully saturated rings. The van der Waals surface area contributed by atoms with E-state index in [1.165, 1.54) is 49.8 Å². The summed E-state index contributed by atoms with van der Waals surface area (Å²) < 4.78 is 0. The summed E-state index contributed by atoms with van der Waals surface area (Å²) in [5.74, 6) is 0. The lowest BCUT2D eigenvalue weighted by molar-refractivity contribution is 1.37. The van der Waals surface area contributed by atoms with E-state index in [4.69, 9.17) is 0 Å². The Kier molecular flexibility index (Phi) is 5.11. The Balaban J connectivity index is 2.38. The normalized spacial score (nSPS) is 11.2. The molecule has 0 bridgehead atoms. The molecule has 0 saturated carbocycles. The van der Waals surface area contributed by atoms with Crippen molar-refractivity contribution in [1.29, 1.82) is 0 Å². The Morgan fingerprint density at radius 3 is 1.16 bits per heavy atom. The highest BCUT2D eigenvalue weighted by Crippen LogP contribution is 2.40. The van der Waals surface area contributed by atoms with E-state index in [1.807, 2.05) is 0 Å². The monoisotopic (exact) mass is 346 g/mol. The highest BCUT2D eigenvalue weighted by atomic mass is 31.1. The topological polar surface area (TPSA) is 0 Å². The maximum atomic E-state index is 2.37. The van der Waals surface area contributed by atoms with E-state index in [-0.39, 0.29) is 7.92 Å². The quantitative estimate of drug-likeness (QED) is 0.467. The number of hydrogen-bond acceptors (Lipinski definition) is 0. The van der Waals surface area contributed by atoms with E-state index < -0.39 is 0 Å². The lowest BCUT2D eigenvalue weighted by atomic mass is 9.90. The molecule has 0 heterocycles. The van der Waals surface area contributed by atoms with Crippen molar-refractivity contribution in [2.45, 2.75) is 27.7 Å². The molecule has 3 aromatic rings. The SMILES string of the molecule is Cc1cccc(C)c1-c1cccc(-c2c(C)cccc2C)c1P(C)C. The van der Waals surface area contributed by atoms with Gasteiger partial charge in [0.15, 0.2) is 0 Å². The number of rotatable bonds is 3. The predicted molar refractivity (Wildman–Crippen MR) is 115 cm³/mol. The van der Waals surface area contributed by atoms with Gasteiger partial charge in [0, 0.05) is 0 Å². The van der Waals surface area contributed by atoms with Crippen molar-refractivity contribution in [3.05, 3.63) is 76.9 Å². The molecule has 0 spiro atoms. The van der Waals surface area contributed by atoms with Crippen LogP contribution in [0, 0.1) is 27.7 Å². The van der Waals surface area contributed by atoms with Crippen molar-refractivity contribution in [1.82, 2.24) is 0 Å². The van der Waals surface area contributed by atoms with Gasteiger partial charge in [-0.3, -0.25) is 0 Å². The van der Waals surface area contributed by atoms with Crippen molar-refractivity contribution < 1.29 is 0 Å². The van der Waals surface area contributed by atoms with Crippen molar-refractivity contribution in [2.75, 3.05) is 13.3 Å². The van der Waals surface area contributed by atoms with E-state index in [0.29, 0.717) is 0 Å². The van der Waals surface area contributed by atoms with Gasteiger partial charge in [0.2, 0.25) is 0 Å². The molecule has 1 heteroatoms. The van der Waals surface area contributed by atoms with Crippen LogP contribution >= 0.6 is 7.92 Å². The Bertz CT molecular complexity index is 809. The van der Waals surface area contributed by atoms with E-state index in [1.54, 1.807) is 0 Å². The van der Waals surface area contributed by atoms with Gasteiger partial charge in [0.1, 0.15) is 0 Å². The molecule has 0 aliphatic rings. The molecule has 0 aromatic heterocycles. The van der Waals surface area contributed by atoms with Crippen LogP contribution in [-0.4, -0.2) is 13.3 Å². The molecular formula is C24H27P. The molecule has 0 saturated heterocycles. The number of benzene rings is 3. The fourth-order valence-electron chi connectivity index (χ4n) is 3.91. The van der Waals surface area contributed by atoms with E-state index in [2.05, 4.69) is 95.6 Å². The minimum atomic E-state index is -0.234. The average Bonchev–Trinajstić information content (AvgIpc) is 2.54. The molecule has 0 amide bonds. The molecule has 128 valence electrons. The first-order valence-corrected chi connectivity index (χ1v) is 11.1. The summed E-state index contributed by atoms with van der Waals surface area (Å²) in [5.41, 5.74) is 11.1. The van der Waals surface area contributed by atoms with Crippen molar-refractivity contribution in [3.8, 4) is 22.3 Å². The molecule has 0 aliphatic carbocycles. The average molecular weight is 346 g/mol. The van der Waals surface area contributed by atoms with Gasteiger partial charge < -0.3 is 0 Å². The Morgan fingerprint density at radius 2 is 0.840 bits per heavy atom. The summed E-state index contributed by atoms with van der Waals surface area (Å²) in [4.78, 5) is 0. The van der Waals surface area contributed by atoms with Crippen molar-refractivity contribution in [3.63, 3.8) is 0 Å². The Morgan fingerprint density at radius 1 is 0.520 bits per heavy atom. The van der Waals surface area contributed by atoms with Crippen LogP contribution in [0.1, 0.15) is 22.3 Å². The first-order chi connectivity index (χ1) is 11.9. The first kappa shape index (κ1) is 17.9. The van der Waals surface area contributed by atoms with Crippen LogP contribution in [0.25, 0.3) is 22.3 Å². The number of aryl methyl sites for hydroxylation is 4. The predicted octanol–water partition coefficient (Wildman–Crippen LogP) is 6.62. The van der Waals surface area contributed by atoms with Gasteiger partial charge in [-0.15, -0.1) is 0 Å². The lowest BCUT2D eigenvalue weighted by Crippen LogP contribution is -2.11. The molecule has 3 aromatic carbocycles. The third kappa shape index (κ3) is 3.29. The molecular weight excluding hydrogens is 319 g/mol. The Hall–Kier alpha value is -1.91. The molecule has 25 heavy (non-hydrogen) atoms. The minimum Gasteiger partial charge on any atom is -0.0803 e. The molecule has 0 aliphatic heterocycles. The second kappa shape index (κ2) is 7.14. The highest BCUT2D eigenvalue weighted by Gasteiger charge is 2.18. The van der Waals surface area contributed by atoms with E-state index in [9.17, 15) is 0 Å². The van der Waals surface area contributed by atoms with E-state index >= 15 is 0 Å². The molecule has 0 unspecified atom stereocenters. The Labute approximate surface area is 153 Å². The zero-order chi connectivity index (χ0) is 18.1. The fourth-order valence-corrected chi connectivity index (χ4v) is 5.24. The second-order valence-corrected chi connectivity index (χ2v) is 9.37. The maximum Gasteiger partial charge on any atom is -0.00891 e. The van der Waals surface area contributed by atoms with Crippen LogP contribution in [0.4, 0.5) is 0 Å². The molecule has 3 rings (SSSR count). The van der Waals surface area contributed by atoms with Gasteiger partial charge >= 0.3 is 0 Å². The fraction of sp³-hybridized carbons (Fsp3) is 0.250. The van der Waals surface area contributed by atoms with E-state index in [0.717, 1.165) is 0 Å². The molecule has 0 atom stereocenters. The van der Waals surface area contributed by atoms with Gasteiger partial charge in [-0.25, -0.2) is 0 Å². The number of hydrogen-bond donors (Lipinski definition) is 0. The first-order valence-electron chi connectivity index (χ1n) is 8.85. The van der Waals surface area contributed by atoms with Crippen LogP contribution in [0.2, 0.25) is 0 Å². The summed E-state index contributed by atoms with van der Waals surface area (Å²) in [7, 11) is -0.234. The summed E-state index contributed by atoms with van der Waals surface area (Å²) in [6.45, 7) is 13.7. The summed E-state index contributed by atoms with van der Waals surface area (Å²) in [5, 5.41) is 1.52.